The van der Waals surface area contributed by atoms with Crippen LogP contribution in [0.4, 0.5) is 5.82 Å². The van der Waals surface area contributed by atoms with E-state index in [9.17, 15) is 4.79 Å². The predicted octanol–water partition coefficient (Wildman–Crippen LogP) is 1.50. The fraction of sp³-hybridized carbons (Fsp3) is 0.647. The molecule has 2 saturated carbocycles. The molecule has 7 nitrogen and oxygen atoms in total. The summed E-state index contributed by atoms with van der Waals surface area (Å²) in [5.74, 6) is 2.97. The molecule has 2 aromatic rings. The molecular weight excluding hydrogens is 304 g/mol. The molecule has 126 valence electrons. The minimum atomic E-state index is 0.230. The van der Waals surface area contributed by atoms with Crippen LogP contribution in [0.25, 0.3) is 5.65 Å². The summed E-state index contributed by atoms with van der Waals surface area (Å²) in [4.78, 5) is 14.3. The minimum Gasteiger partial charge on any atom is -0.353 e. The summed E-state index contributed by atoms with van der Waals surface area (Å²) in [6.45, 7) is 1.81. The summed E-state index contributed by atoms with van der Waals surface area (Å²) < 4.78 is 1.90. The number of carbonyl (C=O) groups is 1. The Bertz CT molecular complexity index is 778. The van der Waals surface area contributed by atoms with Crippen LogP contribution < -0.4 is 10.2 Å². The van der Waals surface area contributed by atoms with Crippen LogP contribution in [0, 0.1) is 5.92 Å². The van der Waals surface area contributed by atoms with Gasteiger partial charge in [0.05, 0.1) is 0 Å². The molecule has 3 fully saturated rings. The first-order valence-corrected chi connectivity index (χ1v) is 9.05. The molecule has 24 heavy (non-hydrogen) atoms. The maximum atomic E-state index is 12.0. The second-order valence-electron chi connectivity index (χ2n) is 7.36. The van der Waals surface area contributed by atoms with E-state index in [-0.39, 0.29) is 17.9 Å². The van der Waals surface area contributed by atoms with Crippen molar-refractivity contribution in [1.82, 2.24) is 25.1 Å². The van der Waals surface area contributed by atoms with Crippen LogP contribution in [0.15, 0.2) is 12.1 Å². The lowest BCUT2D eigenvalue weighted by Crippen LogP contribution is -2.48. The molecule has 1 saturated heterocycles. The number of hydrogen-bond acceptors (Lipinski definition) is 5. The third kappa shape index (κ3) is 2.61. The van der Waals surface area contributed by atoms with Gasteiger partial charge in [-0.05, 0) is 50.7 Å². The Balaban J connectivity index is 1.35. The molecule has 1 N–H and O–H groups in total. The van der Waals surface area contributed by atoms with E-state index in [2.05, 4.69) is 20.4 Å². The summed E-state index contributed by atoms with van der Waals surface area (Å²) in [6.07, 6.45) is 6.61. The largest absolute Gasteiger partial charge is 0.353 e. The standard InChI is InChI=1S/C17H22N6O/c24-17(12-5-6-12)18-13-2-1-9-22(10-13)15-8-7-14-19-20-16(11-3-4-11)23(14)21-15/h7-8,11-13H,1-6,9-10H2,(H,18,24). The quantitative estimate of drug-likeness (QED) is 0.921. The van der Waals surface area contributed by atoms with E-state index in [4.69, 9.17) is 5.10 Å². The zero-order valence-corrected chi connectivity index (χ0v) is 13.7. The van der Waals surface area contributed by atoms with Crippen molar-refractivity contribution in [2.75, 3.05) is 18.0 Å². The number of carbonyl (C=O) groups excluding carboxylic acids is 1. The zero-order chi connectivity index (χ0) is 16.1. The lowest BCUT2D eigenvalue weighted by atomic mass is 10.1. The highest BCUT2D eigenvalue weighted by Gasteiger charge is 2.32. The van der Waals surface area contributed by atoms with Gasteiger partial charge in [0.25, 0.3) is 0 Å². The van der Waals surface area contributed by atoms with Crippen LogP contribution in [0.3, 0.4) is 0 Å². The van der Waals surface area contributed by atoms with Crippen LogP contribution in [0.1, 0.15) is 50.3 Å². The lowest BCUT2D eigenvalue weighted by molar-refractivity contribution is -0.123. The Kier molecular flexibility index (Phi) is 3.21. The fourth-order valence-electron chi connectivity index (χ4n) is 3.53. The predicted molar refractivity (Wildman–Crippen MR) is 88.9 cm³/mol. The van der Waals surface area contributed by atoms with Crippen LogP contribution in [-0.2, 0) is 4.79 Å². The maximum absolute atomic E-state index is 12.0. The number of nitrogens with one attached hydrogen (secondary N) is 1. The molecule has 5 rings (SSSR count). The van der Waals surface area contributed by atoms with Crippen molar-refractivity contribution in [3.8, 4) is 0 Å². The first kappa shape index (κ1) is 14.2. The summed E-state index contributed by atoms with van der Waals surface area (Å²) in [6, 6.07) is 4.24. The van der Waals surface area contributed by atoms with Crippen molar-refractivity contribution >= 4 is 17.4 Å². The van der Waals surface area contributed by atoms with Crippen LogP contribution in [0.2, 0.25) is 0 Å². The van der Waals surface area contributed by atoms with Crippen molar-refractivity contribution in [2.24, 2.45) is 5.92 Å². The van der Waals surface area contributed by atoms with Gasteiger partial charge in [-0.3, -0.25) is 4.79 Å². The van der Waals surface area contributed by atoms with E-state index in [0.29, 0.717) is 5.92 Å². The average Bonchev–Trinajstić information content (AvgIpc) is 3.51. The zero-order valence-electron chi connectivity index (χ0n) is 13.7. The van der Waals surface area contributed by atoms with E-state index in [1.165, 1.54) is 12.8 Å². The third-order valence-electron chi connectivity index (χ3n) is 5.26. The van der Waals surface area contributed by atoms with Crippen LogP contribution >= 0.6 is 0 Å². The number of aromatic nitrogens is 4. The van der Waals surface area contributed by atoms with Gasteiger partial charge in [0.1, 0.15) is 5.82 Å². The summed E-state index contributed by atoms with van der Waals surface area (Å²) in [5.41, 5.74) is 0.816. The van der Waals surface area contributed by atoms with Gasteiger partial charge in [-0.2, -0.15) is 4.52 Å². The summed E-state index contributed by atoms with van der Waals surface area (Å²) in [7, 11) is 0. The van der Waals surface area contributed by atoms with Gasteiger partial charge >= 0.3 is 0 Å². The molecule has 2 aliphatic carbocycles. The molecular formula is C17H22N6O. The van der Waals surface area contributed by atoms with Crippen LogP contribution in [0.5, 0.6) is 0 Å². The smallest absolute Gasteiger partial charge is 0.223 e. The molecule has 1 atom stereocenters. The van der Waals surface area contributed by atoms with Gasteiger partial charge in [-0.25, -0.2) is 0 Å². The Labute approximate surface area is 140 Å². The number of nitrogens with zero attached hydrogens (tertiary/aromatic N) is 5. The van der Waals surface area contributed by atoms with E-state index in [0.717, 1.165) is 56.1 Å². The van der Waals surface area contributed by atoms with Gasteiger partial charge in [-0.15, -0.1) is 15.3 Å². The molecule has 2 aromatic heterocycles. The van der Waals surface area contributed by atoms with E-state index in [1.807, 2.05) is 16.6 Å². The lowest BCUT2D eigenvalue weighted by Gasteiger charge is -2.33. The normalized spacial score (nSPS) is 24.3. The molecule has 0 spiro atoms. The number of amides is 1. The number of rotatable bonds is 4. The fourth-order valence-corrected chi connectivity index (χ4v) is 3.53. The second-order valence-corrected chi connectivity index (χ2v) is 7.36. The SMILES string of the molecule is O=C(NC1CCCN(c2ccc3nnc(C4CC4)n3n2)C1)C1CC1. The number of fused-ring (bicyclic) bond motifs is 1. The first-order valence-electron chi connectivity index (χ1n) is 9.05. The van der Waals surface area contributed by atoms with E-state index >= 15 is 0 Å². The molecule has 7 heteroatoms. The van der Waals surface area contributed by atoms with Gasteiger partial charge < -0.3 is 10.2 Å². The Morgan fingerprint density at radius 1 is 1.12 bits per heavy atom. The average molecular weight is 326 g/mol. The molecule has 1 unspecified atom stereocenters. The highest BCUT2D eigenvalue weighted by atomic mass is 16.2. The van der Waals surface area contributed by atoms with Crippen molar-refractivity contribution in [3.63, 3.8) is 0 Å². The van der Waals surface area contributed by atoms with E-state index < -0.39 is 0 Å². The maximum Gasteiger partial charge on any atom is 0.223 e. The molecule has 0 bridgehead atoms. The van der Waals surface area contributed by atoms with Crippen molar-refractivity contribution < 1.29 is 4.79 Å². The first-order chi connectivity index (χ1) is 11.8. The van der Waals surface area contributed by atoms with Crippen molar-refractivity contribution in [3.05, 3.63) is 18.0 Å². The number of piperidine rings is 1. The minimum absolute atomic E-state index is 0.230. The molecule has 1 amide bonds. The highest BCUT2D eigenvalue weighted by molar-refractivity contribution is 5.81. The molecule has 3 aliphatic rings. The summed E-state index contributed by atoms with van der Waals surface area (Å²) in [5, 5.41) is 16.5. The van der Waals surface area contributed by atoms with Gasteiger partial charge in [0, 0.05) is 31.0 Å². The monoisotopic (exact) mass is 326 g/mol. The Morgan fingerprint density at radius 3 is 2.79 bits per heavy atom. The van der Waals surface area contributed by atoms with Crippen molar-refractivity contribution in [2.45, 2.75) is 50.5 Å². The van der Waals surface area contributed by atoms with Crippen molar-refractivity contribution in [1.29, 1.82) is 0 Å². The Morgan fingerprint density at radius 2 is 2.00 bits per heavy atom. The van der Waals surface area contributed by atoms with E-state index in [1.54, 1.807) is 0 Å². The topological polar surface area (TPSA) is 75.4 Å². The van der Waals surface area contributed by atoms with Crippen LogP contribution in [-0.4, -0.2) is 44.8 Å². The molecule has 1 aliphatic heterocycles. The van der Waals surface area contributed by atoms with Gasteiger partial charge in [0.2, 0.25) is 5.91 Å². The van der Waals surface area contributed by atoms with Gasteiger partial charge in [0.15, 0.2) is 11.5 Å². The Hall–Kier alpha value is -2.18. The highest BCUT2D eigenvalue weighted by Crippen LogP contribution is 2.38. The van der Waals surface area contributed by atoms with Gasteiger partial charge in [-0.1, -0.05) is 0 Å². The molecule has 0 radical (unpaired) electrons. The second kappa shape index (κ2) is 5.43. The molecule has 3 heterocycles. The third-order valence-corrected chi connectivity index (χ3v) is 5.26. The summed E-state index contributed by atoms with van der Waals surface area (Å²) >= 11 is 0. The number of anilines is 1. The number of hydrogen-bond donors (Lipinski definition) is 1. The molecule has 0 aromatic carbocycles.